The van der Waals surface area contributed by atoms with E-state index in [1.165, 1.54) is 6.26 Å². The minimum absolute atomic E-state index is 0.333. The maximum Gasteiger partial charge on any atom is 0.576 e. The largest absolute Gasteiger partial charge is 0.576 e. The molecule has 0 bridgehead atoms. The number of hydrogen-bond donors (Lipinski definition) is 0. The first kappa shape index (κ1) is 2.63. The van der Waals surface area contributed by atoms with Crippen LogP contribution < -0.4 is 0 Å². The van der Waals surface area contributed by atoms with Gasteiger partial charge in [-0.25, -0.2) is 0 Å². The molecule has 0 unspecified atom stereocenters. The van der Waals surface area contributed by atoms with E-state index in [9.17, 15) is 0 Å². The Morgan fingerprint density at radius 1 is 1.80 bits per heavy atom. The third-order valence-corrected chi connectivity index (χ3v) is 0.342. The van der Waals surface area contributed by atoms with Crippen LogP contribution in [0, 0.1) is 6.26 Å². The summed E-state index contributed by atoms with van der Waals surface area (Å²) in [6, 6.07) is 0. The molecule has 0 aliphatic carbocycles. The Kier molecular flexibility index (Phi) is 0.534. The highest BCUT2D eigenvalue weighted by atomic mass is 16.6. The molecular weight excluding hydrogens is 66.8 g/mol. The molecule has 0 aromatic carbocycles. The van der Waals surface area contributed by atoms with Crippen LogP contribution in [0.2, 0.25) is 0 Å². The summed E-state index contributed by atoms with van der Waals surface area (Å²) >= 11 is 0. The van der Waals surface area contributed by atoms with E-state index in [2.05, 4.69) is 15.6 Å². The predicted octanol–water partition coefficient (Wildman–Crippen LogP) is -0.426. The fourth-order valence-electron chi connectivity index (χ4n) is 0.170. The Bertz CT molecular complexity index is 45.6. The van der Waals surface area contributed by atoms with Crippen LogP contribution in [0.5, 0.6) is 0 Å². The van der Waals surface area contributed by atoms with Gasteiger partial charge in [0.2, 0.25) is 0 Å². The van der Waals surface area contributed by atoms with Crippen LogP contribution in [0.25, 0.3) is 0 Å². The van der Waals surface area contributed by atoms with Crippen molar-refractivity contribution in [2.45, 2.75) is 0 Å². The zero-order chi connectivity index (χ0) is 3.54. The lowest BCUT2D eigenvalue weighted by molar-refractivity contribution is 0.434. The van der Waals surface area contributed by atoms with Crippen LogP contribution in [0.15, 0.2) is 6.26 Å². The highest BCUT2D eigenvalue weighted by Gasteiger charge is 1.91. The van der Waals surface area contributed by atoms with Crippen LogP contribution in [-0.4, -0.2) is 7.69 Å². The van der Waals surface area contributed by atoms with Gasteiger partial charge in [0, 0.05) is 0 Å². The second-order valence-electron chi connectivity index (χ2n) is 0.665. The van der Waals surface area contributed by atoms with Crippen molar-refractivity contribution in [3.8, 4) is 0 Å². The predicted molar refractivity (Wildman–Crippen MR) is 17.1 cm³/mol. The molecule has 1 heterocycles. The van der Waals surface area contributed by atoms with Gasteiger partial charge in [0.25, 0.3) is 0 Å². The van der Waals surface area contributed by atoms with Gasteiger partial charge in [-0.05, 0) is 0 Å². The maximum atomic E-state index is 4.49. The van der Waals surface area contributed by atoms with Crippen molar-refractivity contribution in [2.75, 3.05) is 0 Å². The van der Waals surface area contributed by atoms with E-state index in [0.29, 0.717) is 7.69 Å². The highest BCUT2D eigenvalue weighted by molar-refractivity contribution is 6.19. The molecule has 0 atom stereocenters. The lowest BCUT2D eigenvalue weighted by Gasteiger charge is -1.76. The van der Waals surface area contributed by atoms with Gasteiger partial charge in [-0.15, -0.1) is 0 Å². The van der Waals surface area contributed by atoms with Crippen molar-refractivity contribution in [1.29, 1.82) is 0 Å². The second kappa shape index (κ2) is 1.01. The molecule has 0 fully saturated rings. The molecule has 0 amide bonds. The summed E-state index contributed by atoms with van der Waals surface area (Å²) in [6.07, 6.45) is 3.76. The van der Waals surface area contributed by atoms with Crippen molar-refractivity contribution >= 4 is 7.69 Å². The van der Waals surface area contributed by atoms with Gasteiger partial charge in [-0.2, -0.15) is 0 Å². The van der Waals surface area contributed by atoms with Gasteiger partial charge < -0.3 is 9.31 Å². The van der Waals surface area contributed by atoms with Crippen LogP contribution in [0.1, 0.15) is 0 Å². The third-order valence-electron chi connectivity index (χ3n) is 0.342. The van der Waals surface area contributed by atoms with E-state index in [1.807, 2.05) is 0 Å². The Labute approximate surface area is 30.7 Å². The van der Waals surface area contributed by atoms with Gasteiger partial charge in [0.15, 0.2) is 6.26 Å². The SMILES string of the molecule is B1O[C]=CO1. The van der Waals surface area contributed by atoms with E-state index in [-0.39, 0.29) is 0 Å². The second-order valence-corrected chi connectivity index (χ2v) is 0.665. The van der Waals surface area contributed by atoms with Gasteiger partial charge in [0.1, 0.15) is 6.26 Å². The zero-order valence-corrected chi connectivity index (χ0v) is 2.60. The van der Waals surface area contributed by atoms with E-state index in [0.717, 1.165) is 0 Å². The minimum Gasteiger partial charge on any atom is -0.531 e. The Balaban J connectivity index is 2.32. The van der Waals surface area contributed by atoms with Gasteiger partial charge in [0.05, 0.1) is 0 Å². The standard InChI is InChI=1S/C2H2BO2/c1-2-5-3-4-1/h1,3H. The smallest absolute Gasteiger partial charge is 0.531 e. The quantitative estimate of drug-likeness (QED) is 0.359. The lowest BCUT2D eigenvalue weighted by atomic mass is 10.4. The molecule has 1 radical (unpaired) electrons. The summed E-state index contributed by atoms with van der Waals surface area (Å²) in [4.78, 5) is 0. The zero-order valence-electron chi connectivity index (χ0n) is 2.60. The lowest BCUT2D eigenvalue weighted by Crippen LogP contribution is -1.83. The average molecular weight is 68.8 g/mol. The summed E-state index contributed by atoms with van der Waals surface area (Å²) in [6.45, 7) is 0. The Morgan fingerprint density at radius 3 is 3.00 bits per heavy atom. The van der Waals surface area contributed by atoms with Crippen LogP contribution in [0.3, 0.4) is 0 Å². The molecule has 0 spiro atoms. The highest BCUT2D eigenvalue weighted by Crippen LogP contribution is 1.83. The number of rotatable bonds is 0. The molecule has 0 N–H and O–H groups in total. The molecule has 0 aromatic heterocycles. The minimum atomic E-state index is 0.333. The van der Waals surface area contributed by atoms with Crippen LogP contribution in [-0.2, 0) is 9.31 Å². The molecule has 3 heteroatoms. The summed E-state index contributed by atoms with van der Waals surface area (Å²) in [5, 5.41) is 0. The number of hydrogen-bond acceptors (Lipinski definition) is 2. The molecule has 0 aromatic rings. The van der Waals surface area contributed by atoms with Gasteiger partial charge in [-0.1, -0.05) is 0 Å². The molecule has 0 saturated heterocycles. The van der Waals surface area contributed by atoms with Crippen molar-refractivity contribution in [2.24, 2.45) is 0 Å². The fourth-order valence-corrected chi connectivity index (χ4v) is 0.170. The summed E-state index contributed by atoms with van der Waals surface area (Å²) in [5.41, 5.74) is 0. The summed E-state index contributed by atoms with van der Waals surface area (Å²) in [7, 11) is 0.333. The monoisotopic (exact) mass is 69.0 g/mol. The normalized spacial score (nSPS) is 16.0. The van der Waals surface area contributed by atoms with Crippen LogP contribution in [0.4, 0.5) is 0 Å². The molecule has 1 rings (SSSR count). The molecule has 2 nitrogen and oxygen atoms in total. The average Bonchev–Trinajstić information content (AvgIpc) is 1.76. The summed E-state index contributed by atoms with van der Waals surface area (Å²) < 4.78 is 8.90. The molecule has 1 aliphatic heterocycles. The molecular formula is C2H2BO2. The Hall–Kier alpha value is -0.595. The maximum absolute atomic E-state index is 4.49. The van der Waals surface area contributed by atoms with Crippen molar-refractivity contribution in [3.05, 3.63) is 12.5 Å². The topological polar surface area (TPSA) is 18.5 Å². The molecule has 5 heavy (non-hydrogen) atoms. The van der Waals surface area contributed by atoms with E-state index in [4.69, 9.17) is 0 Å². The first-order chi connectivity index (χ1) is 2.50. The third kappa shape index (κ3) is 0.346. The van der Waals surface area contributed by atoms with Crippen molar-refractivity contribution < 1.29 is 9.31 Å². The van der Waals surface area contributed by atoms with E-state index < -0.39 is 0 Å². The van der Waals surface area contributed by atoms with Crippen LogP contribution >= 0.6 is 0 Å². The van der Waals surface area contributed by atoms with Crippen molar-refractivity contribution in [3.63, 3.8) is 0 Å². The molecule has 1 aliphatic rings. The molecule has 0 saturated carbocycles. The fraction of sp³-hybridized carbons (Fsp3) is 0. The van der Waals surface area contributed by atoms with Gasteiger partial charge >= 0.3 is 7.69 Å². The van der Waals surface area contributed by atoms with E-state index in [1.54, 1.807) is 0 Å². The first-order valence-electron chi connectivity index (χ1n) is 1.31. The Morgan fingerprint density at radius 2 is 2.80 bits per heavy atom. The summed E-state index contributed by atoms with van der Waals surface area (Å²) in [5.74, 6) is 0. The van der Waals surface area contributed by atoms with E-state index >= 15 is 0 Å². The molecule has 25 valence electrons. The van der Waals surface area contributed by atoms with Gasteiger partial charge in [-0.3, -0.25) is 0 Å². The first-order valence-corrected chi connectivity index (χ1v) is 1.31. The van der Waals surface area contributed by atoms with Crippen molar-refractivity contribution in [1.82, 2.24) is 0 Å².